The lowest BCUT2D eigenvalue weighted by molar-refractivity contribution is 0.152. The van der Waals surface area contributed by atoms with Gasteiger partial charge in [-0.25, -0.2) is 0 Å². The largest absolute Gasteiger partial charge is 0.390 e. The second kappa shape index (κ2) is 4.89. The van der Waals surface area contributed by atoms with Gasteiger partial charge in [0.15, 0.2) is 0 Å². The van der Waals surface area contributed by atoms with Crippen molar-refractivity contribution in [1.29, 1.82) is 0 Å². The van der Waals surface area contributed by atoms with Gasteiger partial charge in [-0.3, -0.25) is 0 Å². The van der Waals surface area contributed by atoms with Gasteiger partial charge in [-0.15, -0.1) is 0 Å². The van der Waals surface area contributed by atoms with Crippen molar-refractivity contribution in [1.82, 2.24) is 0 Å². The number of benzene rings is 1. The summed E-state index contributed by atoms with van der Waals surface area (Å²) < 4.78 is 0.956. The van der Waals surface area contributed by atoms with Crippen molar-refractivity contribution in [3.05, 3.63) is 33.8 Å². The van der Waals surface area contributed by atoms with E-state index in [1.807, 2.05) is 25.1 Å². The van der Waals surface area contributed by atoms with Gasteiger partial charge in [-0.2, -0.15) is 0 Å². The second-order valence-electron chi connectivity index (χ2n) is 3.33. The summed E-state index contributed by atoms with van der Waals surface area (Å²) in [6.07, 6.45) is -0.692. The molecule has 0 aliphatic carbocycles. The van der Waals surface area contributed by atoms with Crippen molar-refractivity contribution in [2.75, 3.05) is 6.54 Å². The van der Waals surface area contributed by atoms with Crippen molar-refractivity contribution in [2.24, 2.45) is 11.5 Å². The van der Waals surface area contributed by atoms with Crippen molar-refractivity contribution >= 4 is 15.9 Å². The van der Waals surface area contributed by atoms with Crippen LogP contribution in [0.4, 0.5) is 0 Å². The number of aliphatic hydroxyl groups is 1. The molecule has 0 amide bonds. The molecule has 14 heavy (non-hydrogen) atoms. The molecule has 0 heterocycles. The number of hydrogen-bond donors (Lipinski definition) is 3. The van der Waals surface area contributed by atoms with Gasteiger partial charge in [0, 0.05) is 11.0 Å². The van der Waals surface area contributed by atoms with Crippen molar-refractivity contribution in [3.8, 4) is 0 Å². The molecule has 1 aromatic carbocycles. The molecule has 0 aliphatic rings. The number of hydrogen-bond acceptors (Lipinski definition) is 3. The van der Waals surface area contributed by atoms with Gasteiger partial charge in [-0.05, 0) is 30.2 Å². The minimum absolute atomic E-state index is 0.174. The summed E-state index contributed by atoms with van der Waals surface area (Å²) in [6.45, 7) is 2.14. The number of aryl methyl sites for hydroxylation is 1. The smallest absolute Gasteiger partial charge is 0.0854 e. The fourth-order valence-electron chi connectivity index (χ4n) is 1.32. The molecule has 0 aromatic heterocycles. The SMILES string of the molecule is Cc1ccc(Br)cc1C(N)C(O)CN. The Labute approximate surface area is 92.2 Å². The van der Waals surface area contributed by atoms with Gasteiger partial charge >= 0.3 is 0 Å². The molecular weight excluding hydrogens is 244 g/mol. The van der Waals surface area contributed by atoms with E-state index in [0.717, 1.165) is 15.6 Å². The van der Waals surface area contributed by atoms with Crippen LogP contribution in [0.3, 0.4) is 0 Å². The Morgan fingerprint density at radius 3 is 2.71 bits per heavy atom. The summed E-state index contributed by atoms with van der Waals surface area (Å²) in [5.74, 6) is 0. The molecule has 2 unspecified atom stereocenters. The highest BCUT2D eigenvalue weighted by molar-refractivity contribution is 9.10. The maximum absolute atomic E-state index is 9.53. The molecule has 0 bridgehead atoms. The Bertz CT molecular complexity index is 317. The first-order valence-corrected chi connectivity index (χ1v) is 5.25. The lowest BCUT2D eigenvalue weighted by Crippen LogP contribution is -2.33. The average molecular weight is 259 g/mol. The predicted octanol–water partition coefficient (Wildman–Crippen LogP) is 1.08. The number of halogens is 1. The van der Waals surface area contributed by atoms with E-state index in [0.29, 0.717) is 0 Å². The molecule has 0 spiro atoms. The Morgan fingerprint density at radius 1 is 1.50 bits per heavy atom. The third-order valence-electron chi connectivity index (χ3n) is 2.26. The van der Waals surface area contributed by atoms with Crippen molar-refractivity contribution in [2.45, 2.75) is 19.1 Å². The standard InChI is InChI=1S/C10H15BrN2O/c1-6-2-3-7(11)4-8(6)10(13)9(14)5-12/h2-4,9-10,14H,5,12-13H2,1H3. The molecule has 78 valence electrons. The fourth-order valence-corrected chi connectivity index (χ4v) is 1.70. The molecule has 0 fully saturated rings. The quantitative estimate of drug-likeness (QED) is 0.760. The third kappa shape index (κ3) is 2.54. The van der Waals surface area contributed by atoms with Crippen LogP contribution in [0.15, 0.2) is 22.7 Å². The first-order chi connectivity index (χ1) is 6.56. The monoisotopic (exact) mass is 258 g/mol. The molecule has 3 nitrogen and oxygen atoms in total. The van der Waals surface area contributed by atoms with Crippen molar-refractivity contribution in [3.63, 3.8) is 0 Å². The molecule has 0 saturated carbocycles. The minimum Gasteiger partial charge on any atom is -0.390 e. The van der Waals surface area contributed by atoms with E-state index in [2.05, 4.69) is 15.9 Å². The van der Waals surface area contributed by atoms with Crippen LogP contribution < -0.4 is 11.5 Å². The molecule has 1 rings (SSSR count). The summed E-state index contributed by atoms with van der Waals surface area (Å²) in [5.41, 5.74) is 13.2. The van der Waals surface area contributed by atoms with E-state index in [9.17, 15) is 5.11 Å². The third-order valence-corrected chi connectivity index (χ3v) is 2.75. The van der Waals surface area contributed by atoms with Crippen molar-refractivity contribution < 1.29 is 5.11 Å². The minimum atomic E-state index is -0.692. The van der Waals surface area contributed by atoms with Crippen LogP contribution in [0, 0.1) is 6.92 Å². The zero-order valence-electron chi connectivity index (χ0n) is 8.07. The van der Waals surface area contributed by atoms with Gasteiger partial charge < -0.3 is 16.6 Å². The maximum Gasteiger partial charge on any atom is 0.0854 e. The highest BCUT2D eigenvalue weighted by atomic mass is 79.9. The van der Waals surface area contributed by atoms with Crippen LogP contribution in [0.1, 0.15) is 17.2 Å². The van der Waals surface area contributed by atoms with Gasteiger partial charge in [0.1, 0.15) is 0 Å². The summed E-state index contributed by atoms with van der Waals surface area (Å²) in [5, 5.41) is 9.53. The van der Waals surface area contributed by atoms with Crippen LogP contribution in [0.5, 0.6) is 0 Å². The molecule has 1 aromatic rings. The van der Waals surface area contributed by atoms with Crippen LogP contribution in [-0.4, -0.2) is 17.8 Å². The number of rotatable bonds is 3. The highest BCUT2D eigenvalue weighted by Crippen LogP contribution is 2.22. The van der Waals surface area contributed by atoms with Gasteiger partial charge in [0.05, 0.1) is 12.1 Å². The van der Waals surface area contributed by atoms with Crippen LogP contribution in [0.25, 0.3) is 0 Å². The van der Waals surface area contributed by atoms with E-state index in [1.54, 1.807) is 0 Å². The Hall–Kier alpha value is -0.420. The van der Waals surface area contributed by atoms with E-state index in [1.165, 1.54) is 0 Å². The van der Waals surface area contributed by atoms with Crippen LogP contribution >= 0.6 is 15.9 Å². The highest BCUT2D eigenvalue weighted by Gasteiger charge is 2.17. The van der Waals surface area contributed by atoms with Crippen LogP contribution in [0.2, 0.25) is 0 Å². The second-order valence-corrected chi connectivity index (χ2v) is 4.25. The molecule has 0 saturated heterocycles. The summed E-state index contributed by atoms with van der Waals surface area (Å²) >= 11 is 3.37. The van der Waals surface area contributed by atoms with E-state index < -0.39 is 12.1 Å². The van der Waals surface area contributed by atoms with E-state index in [-0.39, 0.29) is 6.54 Å². The Kier molecular flexibility index (Phi) is 4.07. The summed E-state index contributed by atoms with van der Waals surface area (Å²) in [6, 6.07) is 5.40. The Morgan fingerprint density at radius 2 is 2.14 bits per heavy atom. The molecule has 0 aliphatic heterocycles. The summed E-state index contributed by atoms with van der Waals surface area (Å²) in [4.78, 5) is 0. The van der Waals surface area contributed by atoms with Gasteiger partial charge in [0.25, 0.3) is 0 Å². The normalized spacial score (nSPS) is 15.2. The molecule has 5 N–H and O–H groups in total. The lowest BCUT2D eigenvalue weighted by atomic mass is 9.98. The zero-order valence-corrected chi connectivity index (χ0v) is 9.66. The zero-order chi connectivity index (χ0) is 10.7. The fraction of sp³-hybridized carbons (Fsp3) is 0.400. The average Bonchev–Trinajstić information content (AvgIpc) is 2.19. The lowest BCUT2D eigenvalue weighted by Gasteiger charge is -2.19. The maximum atomic E-state index is 9.53. The molecule has 0 radical (unpaired) electrons. The first kappa shape index (κ1) is 11.7. The summed E-state index contributed by atoms with van der Waals surface area (Å²) in [7, 11) is 0. The van der Waals surface area contributed by atoms with Crippen LogP contribution in [-0.2, 0) is 0 Å². The molecular formula is C10H15BrN2O. The van der Waals surface area contributed by atoms with Gasteiger partial charge in [-0.1, -0.05) is 22.0 Å². The Balaban J connectivity index is 2.99. The number of nitrogens with two attached hydrogens (primary N) is 2. The topological polar surface area (TPSA) is 72.3 Å². The van der Waals surface area contributed by atoms with E-state index >= 15 is 0 Å². The molecule has 4 heteroatoms. The number of aliphatic hydroxyl groups excluding tert-OH is 1. The van der Waals surface area contributed by atoms with E-state index in [4.69, 9.17) is 11.5 Å². The predicted molar refractivity (Wildman–Crippen MR) is 60.9 cm³/mol. The molecule has 2 atom stereocenters. The first-order valence-electron chi connectivity index (χ1n) is 4.46. The van der Waals surface area contributed by atoms with Gasteiger partial charge in [0.2, 0.25) is 0 Å².